The van der Waals surface area contributed by atoms with E-state index >= 15 is 0 Å². The summed E-state index contributed by atoms with van der Waals surface area (Å²) >= 11 is 0. The second-order valence-corrected chi connectivity index (χ2v) is 5.44. The zero-order valence-electron chi connectivity index (χ0n) is 12.0. The maximum absolute atomic E-state index is 11.9. The Kier molecular flexibility index (Phi) is 4.91. The molecular formula is C15H24N2O. The number of hydrogen-bond donors (Lipinski definition) is 1. The van der Waals surface area contributed by atoms with Crippen molar-refractivity contribution in [2.45, 2.75) is 39.3 Å². The van der Waals surface area contributed by atoms with E-state index < -0.39 is 0 Å². The Labute approximate surface area is 110 Å². The minimum Gasteiger partial charge on any atom is -0.342 e. The standard InChI is InChI=1S/C15H24N2O/c1-12(2)17(5)14(18)11-16-15(3,4)13-9-7-6-8-10-13/h6-10,12,16H,11H2,1-5H3. The molecule has 1 N–H and O–H groups in total. The molecule has 0 aliphatic rings. The van der Waals surface area contributed by atoms with Crippen LogP contribution in [-0.4, -0.2) is 30.4 Å². The van der Waals surface area contributed by atoms with Crippen molar-refractivity contribution in [1.29, 1.82) is 0 Å². The summed E-state index contributed by atoms with van der Waals surface area (Å²) < 4.78 is 0. The summed E-state index contributed by atoms with van der Waals surface area (Å²) in [5, 5.41) is 3.32. The lowest BCUT2D eigenvalue weighted by Gasteiger charge is -2.29. The number of rotatable bonds is 5. The van der Waals surface area contributed by atoms with E-state index in [0.29, 0.717) is 6.54 Å². The van der Waals surface area contributed by atoms with Gasteiger partial charge in [-0.3, -0.25) is 10.1 Å². The maximum Gasteiger partial charge on any atom is 0.236 e. The molecule has 0 saturated carbocycles. The largest absolute Gasteiger partial charge is 0.342 e. The molecule has 0 fully saturated rings. The van der Waals surface area contributed by atoms with E-state index in [4.69, 9.17) is 0 Å². The topological polar surface area (TPSA) is 32.3 Å². The lowest BCUT2D eigenvalue weighted by atomic mass is 9.94. The summed E-state index contributed by atoms with van der Waals surface area (Å²) in [6.45, 7) is 8.56. The second-order valence-electron chi connectivity index (χ2n) is 5.44. The van der Waals surface area contributed by atoms with Gasteiger partial charge in [0.1, 0.15) is 0 Å². The smallest absolute Gasteiger partial charge is 0.236 e. The minimum atomic E-state index is -0.200. The van der Waals surface area contributed by atoms with Gasteiger partial charge in [-0.15, -0.1) is 0 Å². The van der Waals surface area contributed by atoms with Crippen LogP contribution in [0.1, 0.15) is 33.3 Å². The molecule has 0 radical (unpaired) electrons. The monoisotopic (exact) mass is 248 g/mol. The van der Waals surface area contributed by atoms with Crippen molar-refractivity contribution < 1.29 is 4.79 Å². The number of likely N-dealkylation sites (N-methyl/N-ethyl adjacent to an activating group) is 1. The summed E-state index contributed by atoms with van der Waals surface area (Å²) in [6.07, 6.45) is 0. The van der Waals surface area contributed by atoms with E-state index in [-0.39, 0.29) is 17.5 Å². The normalized spacial score (nSPS) is 11.7. The third-order valence-electron chi connectivity index (χ3n) is 3.35. The molecular weight excluding hydrogens is 224 g/mol. The number of amides is 1. The highest BCUT2D eigenvalue weighted by Gasteiger charge is 2.21. The van der Waals surface area contributed by atoms with Gasteiger partial charge in [-0.1, -0.05) is 30.3 Å². The van der Waals surface area contributed by atoms with Crippen molar-refractivity contribution in [3.63, 3.8) is 0 Å². The molecule has 18 heavy (non-hydrogen) atoms. The van der Waals surface area contributed by atoms with Gasteiger partial charge in [0.2, 0.25) is 5.91 Å². The van der Waals surface area contributed by atoms with Gasteiger partial charge in [-0.2, -0.15) is 0 Å². The number of carbonyl (C=O) groups is 1. The van der Waals surface area contributed by atoms with Crippen LogP contribution in [0.25, 0.3) is 0 Å². The molecule has 0 heterocycles. The fourth-order valence-corrected chi connectivity index (χ4v) is 1.67. The Hall–Kier alpha value is -1.35. The van der Waals surface area contributed by atoms with Crippen molar-refractivity contribution in [1.82, 2.24) is 10.2 Å². The molecule has 0 aliphatic carbocycles. The number of benzene rings is 1. The first-order valence-electron chi connectivity index (χ1n) is 6.41. The molecule has 0 saturated heterocycles. The van der Waals surface area contributed by atoms with Crippen molar-refractivity contribution in [2.75, 3.05) is 13.6 Å². The second kappa shape index (κ2) is 6.01. The van der Waals surface area contributed by atoms with Gasteiger partial charge in [-0.05, 0) is 33.3 Å². The van der Waals surface area contributed by atoms with Crippen LogP contribution in [0.2, 0.25) is 0 Å². The molecule has 0 bridgehead atoms. The quantitative estimate of drug-likeness (QED) is 0.867. The van der Waals surface area contributed by atoms with Gasteiger partial charge in [0.25, 0.3) is 0 Å². The van der Waals surface area contributed by atoms with Crippen LogP contribution in [0, 0.1) is 0 Å². The number of hydrogen-bond acceptors (Lipinski definition) is 2. The highest BCUT2D eigenvalue weighted by Crippen LogP contribution is 2.18. The lowest BCUT2D eigenvalue weighted by molar-refractivity contribution is -0.130. The van der Waals surface area contributed by atoms with E-state index in [1.54, 1.807) is 4.90 Å². The molecule has 1 aromatic rings. The highest BCUT2D eigenvalue weighted by atomic mass is 16.2. The predicted octanol–water partition coefficient (Wildman–Crippen LogP) is 2.38. The Bertz CT molecular complexity index is 385. The Balaban J connectivity index is 2.60. The Morgan fingerprint density at radius 2 is 1.83 bits per heavy atom. The molecule has 100 valence electrons. The van der Waals surface area contributed by atoms with Gasteiger partial charge < -0.3 is 4.90 Å². The Morgan fingerprint density at radius 1 is 1.28 bits per heavy atom. The first-order valence-corrected chi connectivity index (χ1v) is 6.41. The van der Waals surface area contributed by atoms with Gasteiger partial charge in [0.05, 0.1) is 6.54 Å². The van der Waals surface area contributed by atoms with E-state index in [9.17, 15) is 4.79 Å². The lowest BCUT2D eigenvalue weighted by Crippen LogP contribution is -2.45. The summed E-state index contributed by atoms with van der Waals surface area (Å²) in [4.78, 5) is 13.7. The highest BCUT2D eigenvalue weighted by molar-refractivity contribution is 5.78. The average Bonchev–Trinajstić information content (AvgIpc) is 2.36. The summed E-state index contributed by atoms with van der Waals surface area (Å²) in [5.74, 6) is 0.119. The van der Waals surface area contributed by atoms with Crippen molar-refractivity contribution in [3.05, 3.63) is 35.9 Å². The van der Waals surface area contributed by atoms with Crippen molar-refractivity contribution >= 4 is 5.91 Å². The van der Waals surface area contributed by atoms with Crippen LogP contribution >= 0.6 is 0 Å². The van der Waals surface area contributed by atoms with Crippen LogP contribution < -0.4 is 5.32 Å². The van der Waals surface area contributed by atoms with E-state index in [0.717, 1.165) is 0 Å². The summed E-state index contributed by atoms with van der Waals surface area (Å²) in [6, 6.07) is 10.4. The molecule has 3 heteroatoms. The fraction of sp³-hybridized carbons (Fsp3) is 0.533. The fourth-order valence-electron chi connectivity index (χ4n) is 1.67. The molecule has 1 amide bonds. The summed E-state index contributed by atoms with van der Waals surface area (Å²) in [5.41, 5.74) is 0.986. The van der Waals surface area contributed by atoms with E-state index in [1.165, 1.54) is 5.56 Å². The van der Waals surface area contributed by atoms with Crippen molar-refractivity contribution in [2.24, 2.45) is 0 Å². The Morgan fingerprint density at radius 3 is 2.33 bits per heavy atom. The zero-order chi connectivity index (χ0) is 13.8. The predicted molar refractivity (Wildman–Crippen MR) is 75.4 cm³/mol. The third-order valence-corrected chi connectivity index (χ3v) is 3.35. The minimum absolute atomic E-state index is 0.119. The van der Waals surface area contributed by atoms with Crippen LogP contribution in [0.3, 0.4) is 0 Å². The average molecular weight is 248 g/mol. The summed E-state index contributed by atoms with van der Waals surface area (Å²) in [7, 11) is 1.84. The van der Waals surface area contributed by atoms with Gasteiger partial charge in [-0.25, -0.2) is 0 Å². The van der Waals surface area contributed by atoms with Gasteiger partial charge in [0.15, 0.2) is 0 Å². The molecule has 1 rings (SSSR count). The molecule has 0 aromatic heterocycles. The SMILES string of the molecule is CC(C)N(C)C(=O)CNC(C)(C)c1ccccc1. The van der Waals surface area contributed by atoms with Crippen molar-refractivity contribution in [3.8, 4) is 0 Å². The van der Waals surface area contributed by atoms with Crippen LogP contribution in [0.4, 0.5) is 0 Å². The number of carbonyl (C=O) groups excluding carboxylic acids is 1. The van der Waals surface area contributed by atoms with E-state index in [1.807, 2.05) is 39.1 Å². The molecule has 0 spiro atoms. The number of nitrogens with one attached hydrogen (secondary N) is 1. The molecule has 0 aliphatic heterocycles. The number of nitrogens with zero attached hydrogens (tertiary/aromatic N) is 1. The molecule has 3 nitrogen and oxygen atoms in total. The molecule has 1 aromatic carbocycles. The zero-order valence-corrected chi connectivity index (χ0v) is 12.0. The van der Waals surface area contributed by atoms with Crippen LogP contribution in [-0.2, 0) is 10.3 Å². The van der Waals surface area contributed by atoms with Crippen LogP contribution in [0.15, 0.2) is 30.3 Å². The van der Waals surface area contributed by atoms with Gasteiger partial charge in [0, 0.05) is 18.6 Å². The molecule has 0 atom stereocenters. The third kappa shape index (κ3) is 3.84. The van der Waals surface area contributed by atoms with Crippen LogP contribution in [0.5, 0.6) is 0 Å². The van der Waals surface area contributed by atoms with E-state index in [2.05, 4.69) is 31.3 Å². The maximum atomic E-state index is 11.9. The first-order chi connectivity index (χ1) is 8.34. The van der Waals surface area contributed by atoms with Gasteiger partial charge >= 0.3 is 0 Å². The first kappa shape index (κ1) is 14.7. The molecule has 0 unspecified atom stereocenters.